The summed E-state index contributed by atoms with van der Waals surface area (Å²) in [5, 5.41) is 2.57. The fourth-order valence-corrected chi connectivity index (χ4v) is 0.796. The minimum absolute atomic E-state index is 0.0592. The van der Waals surface area contributed by atoms with E-state index in [1.165, 1.54) is 0 Å². The Hall–Kier alpha value is -1.14. The maximum absolute atomic E-state index is 11.0. The van der Waals surface area contributed by atoms with Crippen molar-refractivity contribution in [3.8, 4) is 0 Å². The van der Waals surface area contributed by atoms with Crippen LogP contribution in [0, 0.1) is 0 Å². The average Bonchev–Trinajstić information content (AvgIpc) is 2.17. The molecule has 0 aromatic rings. The summed E-state index contributed by atoms with van der Waals surface area (Å²) >= 11 is 0. The zero-order chi connectivity index (χ0) is 11.5. The van der Waals surface area contributed by atoms with Crippen molar-refractivity contribution in [1.29, 1.82) is 0 Å². The molecule has 0 spiro atoms. The lowest BCUT2D eigenvalue weighted by molar-refractivity contribution is -0.126. The predicted octanol–water partition coefficient (Wildman–Crippen LogP) is -0.969. The molecule has 3 N–H and O–H groups in total. The molecule has 0 heterocycles. The molecular formula is C9H18N2O4. The molecule has 0 aliphatic carbocycles. The van der Waals surface area contributed by atoms with Gasteiger partial charge in [0, 0.05) is 13.2 Å². The molecule has 6 nitrogen and oxygen atoms in total. The van der Waals surface area contributed by atoms with Gasteiger partial charge in [0.15, 0.2) is 0 Å². The number of rotatable bonds is 9. The van der Waals surface area contributed by atoms with E-state index in [-0.39, 0.29) is 25.7 Å². The average molecular weight is 218 g/mol. The fraction of sp³-hybridized carbons (Fsp3) is 0.778. The van der Waals surface area contributed by atoms with Gasteiger partial charge in [-0.15, -0.1) is 0 Å². The first kappa shape index (κ1) is 13.9. The maximum atomic E-state index is 11.0. The number of ether oxygens (including phenoxy) is 2. The Morgan fingerprint density at radius 1 is 1.20 bits per heavy atom. The van der Waals surface area contributed by atoms with Crippen molar-refractivity contribution < 1.29 is 19.1 Å². The lowest BCUT2D eigenvalue weighted by atomic mass is 10.5. The minimum atomic E-state index is -0.521. The van der Waals surface area contributed by atoms with Crippen LogP contribution in [0.3, 0.4) is 0 Å². The Bertz CT molecular complexity index is 197. The highest BCUT2D eigenvalue weighted by molar-refractivity contribution is 5.77. The normalized spacial score (nSPS) is 9.93. The highest BCUT2D eigenvalue weighted by atomic mass is 16.5. The van der Waals surface area contributed by atoms with Gasteiger partial charge >= 0.3 is 0 Å². The second-order valence-electron chi connectivity index (χ2n) is 2.92. The molecule has 6 heteroatoms. The molecule has 15 heavy (non-hydrogen) atoms. The summed E-state index contributed by atoms with van der Waals surface area (Å²) in [6.07, 6.45) is 0.884. The van der Waals surface area contributed by atoms with Gasteiger partial charge in [0.05, 0.1) is 6.61 Å². The van der Waals surface area contributed by atoms with Gasteiger partial charge < -0.3 is 20.5 Å². The molecule has 0 unspecified atom stereocenters. The number of hydrogen-bond donors (Lipinski definition) is 2. The van der Waals surface area contributed by atoms with Crippen LogP contribution in [0.25, 0.3) is 0 Å². The largest absolute Gasteiger partial charge is 0.372 e. The van der Waals surface area contributed by atoms with E-state index < -0.39 is 5.91 Å². The van der Waals surface area contributed by atoms with E-state index in [1.807, 2.05) is 6.92 Å². The molecule has 0 fully saturated rings. The fourth-order valence-electron chi connectivity index (χ4n) is 0.796. The number of nitrogens with two attached hydrogens (primary N) is 1. The molecular weight excluding hydrogens is 200 g/mol. The van der Waals surface area contributed by atoms with Crippen LogP contribution < -0.4 is 11.1 Å². The lowest BCUT2D eigenvalue weighted by Gasteiger charge is -2.05. The Balaban J connectivity index is 3.20. The van der Waals surface area contributed by atoms with Gasteiger partial charge in [-0.3, -0.25) is 9.59 Å². The molecule has 0 bridgehead atoms. The molecule has 0 saturated carbocycles. The number of hydrogen-bond acceptors (Lipinski definition) is 4. The molecule has 0 aromatic carbocycles. The van der Waals surface area contributed by atoms with Crippen LogP contribution in [0.1, 0.15) is 13.3 Å². The quantitative estimate of drug-likeness (QED) is 0.487. The summed E-state index contributed by atoms with van der Waals surface area (Å²) in [7, 11) is 0. The van der Waals surface area contributed by atoms with Crippen LogP contribution in [-0.2, 0) is 19.1 Å². The first-order valence-electron chi connectivity index (χ1n) is 4.87. The third-order valence-electron chi connectivity index (χ3n) is 1.39. The molecule has 0 rings (SSSR count). The maximum Gasteiger partial charge on any atom is 0.246 e. The van der Waals surface area contributed by atoms with Gasteiger partial charge in [0.2, 0.25) is 11.8 Å². The summed E-state index contributed by atoms with van der Waals surface area (Å²) in [5.74, 6) is -0.710. The Kier molecular flexibility index (Phi) is 8.70. The van der Waals surface area contributed by atoms with Crippen molar-refractivity contribution in [2.75, 3.05) is 33.0 Å². The number of carbonyl (C=O) groups excluding carboxylic acids is 2. The number of amides is 2. The SMILES string of the molecule is CCCOCC(=O)NCCOCC(N)=O. The Morgan fingerprint density at radius 2 is 1.87 bits per heavy atom. The third kappa shape index (κ3) is 10.8. The Morgan fingerprint density at radius 3 is 2.47 bits per heavy atom. The second-order valence-corrected chi connectivity index (χ2v) is 2.92. The zero-order valence-corrected chi connectivity index (χ0v) is 8.95. The molecule has 0 aliphatic heterocycles. The van der Waals surface area contributed by atoms with Gasteiger partial charge in [0.1, 0.15) is 13.2 Å². The van der Waals surface area contributed by atoms with Crippen LogP contribution in [0.4, 0.5) is 0 Å². The summed E-state index contributed by atoms with van der Waals surface area (Å²) in [6.45, 7) is 3.09. The number of primary amides is 1. The van der Waals surface area contributed by atoms with E-state index in [1.54, 1.807) is 0 Å². The summed E-state index contributed by atoms with van der Waals surface area (Å²) in [6, 6.07) is 0. The highest BCUT2D eigenvalue weighted by Crippen LogP contribution is 1.80. The van der Waals surface area contributed by atoms with E-state index in [9.17, 15) is 9.59 Å². The second kappa shape index (κ2) is 9.42. The minimum Gasteiger partial charge on any atom is -0.372 e. The first-order valence-corrected chi connectivity index (χ1v) is 4.87. The first-order chi connectivity index (χ1) is 7.16. The van der Waals surface area contributed by atoms with Crippen LogP contribution in [0.2, 0.25) is 0 Å². The van der Waals surface area contributed by atoms with E-state index in [4.69, 9.17) is 15.2 Å². The number of nitrogens with one attached hydrogen (secondary N) is 1. The van der Waals surface area contributed by atoms with Gasteiger partial charge in [-0.25, -0.2) is 0 Å². The van der Waals surface area contributed by atoms with E-state index in [0.717, 1.165) is 6.42 Å². The molecule has 88 valence electrons. The van der Waals surface area contributed by atoms with Gasteiger partial charge in [0.25, 0.3) is 0 Å². The van der Waals surface area contributed by atoms with E-state index in [0.29, 0.717) is 13.2 Å². The summed E-state index contributed by atoms with van der Waals surface area (Å²) in [5.41, 5.74) is 4.84. The smallest absolute Gasteiger partial charge is 0.246 e. The molecule has 0 radical (unpaired) electrons. The number of carbonyl (C=O) groups is 2. The monoisotopic (exact) mass is 218 g/mol. The van der Waals surface area contributed by atoms with Gasteiger partial charge in [-0.2, -0.15) is 0 Å². The highest BCUT2D eigenvalue weighted by Gasteiger charge is 2.00. The summed E-state index contributed by atoms with van der Waals surface area (Å²) < 4.78 is 9.85. The van der Waals surface area contributed by atoms with Crippen molar-refractivity contribution in [1.82, 2.24) is 5.32 Å². The molecule has 0 aromatic heterocycles. The van der Waals surface area contributed by atoms with Crippen molar-refractivity contribution in [2.45, 2.75) is 13.3 Å². The van der Waals surface area contributed by atoms with Crippen molar-refractivity contribution in [2.24, 2.45) is 5.73 Å². The standard InChI is InChI=1S/C9H18N2O4/c1-2-4-14-7-9(13)11-3-5-15-6-8(10)12/h2-7H2,1H3,(H2,10,12)(H,11,13). The van der Waals surface area contributed by atoms with E-state index >= 15 is 0 Å². The van der Waals surface area contributed by atoms with Crippen molar-refractivity contribution in [3.63, 3.8) is 0 Å². The molecule has 2 amide bonds. The third-order valence-corrected chi connectivity index (χ3v) is 1.39. The molecule has 0 atom stereocenters. The predicted molar refractivity (Wildman–Crippen MR) is 54.1 cm³/mol. The lowest BCUT2D eigenvalue weighted by Crippen LogP contribution is -2.31. The topological polar surface area (TPSA) is 90.7 Å². The van der Waals surface area contributed by atoms with E-state index in [2.05, 4.69) is 5.32 Å². The van der Waals surface area contributed by atoms with Crippen molar-refractivity contribution in [3.05, 3.63) is 0 Å². The van der Waals surface area contributed by atoms with Crippen molar-refractivity contribution >= 4 is 11.8 Å². The van der Waals surface area contributed by atoms with Crippen LogP contribution in [0.5, 0.6) is 0 Å². The van der Waals surface area contributed by atoms with Crippen LogP contribution in [-0.4, -0.2) is 44.8 Å². The van der Waals surface area contributed by atoms with Gasteiger partial charge in [-0.05, 0) is 6.42 Å². The molecule has 0 saturated heterocycles. The molecule has 0 aliphatic rings. The van der Waals surface area contributed by atoms with Crippen LogP contribution in [0.15, 0.2) is 0 Å². The van der Waals surface area contributed by atoms with Crippen LogP contribution >= 0.6 is 0 Å². The summed E-state index contributed by atoms with van der Waals surface area (Å²) in [4.78, 5) is 21.3. The zero-order valence-electron chi connectivity index (χ0n) is 8.95. The Labute approximate surface area is 89.1 Å². The van der Waals surface area contributed by atoms with Gasteiger partial charge in [-0.1, -0.05) is 6.92 Å².